The van der Waals surface area contributed by atoms with Gasteiger partial charge in [-0.15, -0.1) is 0 Å². The molecule has 1 aromatic carbocycles. The summed E-state index contributed by atoms with van der Waals surface area (Å²) in [6.07, 6.45) is 9.35. The maximum Gasteiger partial charge on any atom is 0.240 e. The van der Waals surface area contributed by atoms with E-state index >= 15 is 0 Å². The van der Waals surface area contributed by atoms with E-state index in [-0.39, 0.29) is 5.91 Å². The Kier molecular flexibility index (Phi) is 8.10. The second kappa shape index (κ2) is 10.3. The molecule has 0 bridgehead atoms. The van der Waals surface area contributed by atoms with E-state index in [1.165, 1.54) is 32.1 Å². The number of carbonyl (C=O) groups is 1. The summed E-state index contributed by atoms with van der Waals surface area (Å²) in [7, 11) is 0. The number of ether oxygens (including phenoxy) is 1. The van der Waals surface area contributed by atoms with Gasteiger partial charge in [0.2, 0.25) is 5.91 Å². The highest BCUT2D eigenvalue weighted by atomic mass is 35.5. The number of nitrogens with one attached hydrogen (secondary N) is 1. The normalized spacial score (nSPS) is 15.3. The average Bonchev–Trinajstić information content (AvgIpc) is 2.52. The molecule has 1 aromatic rings. The summed E-state index contributed by atoms with van der Waals surface area (Å²) in [6.45, 7) is 2.46. The van der Waals surface area contributed by atoms with Crippen LogP contribution in [0.4, 0.5) is 0 Å². The Labute approximate surface area is 149 Å². The fourth-order valence-electron chi connectivity index (χ4n) is 2.81. The maximum absolute atomic E-state index is 11.9. The maximum atomic E-state index is 11.9. The molecule has 2 rings (SSSR count). The SMILES string of the molecule is Cc1cc(Cl)ccc1OCCCC(=O)NN=C1CCCCCCC1. The first-order chi connectivity index (χ1) is 11.6. The number of benzene rings is 1. The quantitative estimate of drug-likeness (QED) is 0.578. The van der Waals surface area contributed by atoms with E-state index in [0.29, 0.717) is 24.5 Å². The molecule has 1 N–H and O–H groups in total. The number of nitrogens with zero attached hydrogens (tertiary/aromatic N) is 1. The van der Waals surface area contributed by atoms with Gasteiger partial charge in [-0.25, -0.2) is 5.43 Å². The smallest absolute Gasteiger partial charge is 0.240 e. The molecule has 1 saturated carbocycles. The lowest BCUT2D eigenvalue weighted by molar-refractivity contribution is -0.121. The van der Waals surface area contributed by atoms with Crippen molar-refractivity contribution in [2.75, 3.05) is 6.61 Å². The van der Waals surface area contributed by atoms with E-state index in [9.17, 15) is 4.79 Å². The second-order valence-electron chi connectivity index (χ2n) is 6.34. The summed E-state index contributed by atoms with van der Waals surface area (Å²) in [5.41, 5.74) is 4.83. The zero-order valence-corrected chi connectivity index (χ0v) is 15.2. The minimum Gasteiger partial charge on any atom is -0.493 e. The van der Waals surface area contributed by atoms with Gasteiger partial charge in [0, 0.05) is 17.2 Å². The van der Waals surface area contributed by atoms with Crippen LogP contribution in [-0.4, -0.2) is 18.2 Å². The third-order valence-corrected chi connectivity index (χ3v) is 4.45. The molecular weight excluding hydrogens is 324 g/mol. The van der Waals surface area contributed by atoms with Crippen LogP contribution in [-0.2, 0) is 4.79 Å². The van der Waals surface area contributed by atoms with Gasteiger partial charge < -0.3 is 4.74 Å². The summed E-state index contributed by atoms with van der Waals surface area (Å²) >= 11 is 5.92. The molecule has 1 fully saturated rings. The fraction of sp³-hybridized carbons (Fsp3) is 0.579. The van der Waals surface area contributed by atoms with Gasteiger partial charge in [-0.2, -0.15) is 5.10 Å². The van der Waals surface area contributed by atoms with Gasteiger partial charge in [-0.3, -0.25) is 4.79 Å². The van der Waals surface area contributed by atoms with E-state index in [1.807, 2.05) is 25.1 Å². The molecule has 0 aromatic heterocycles. The number of amides is 1. The van der Waals surface area contributed by atoms with Gasteiger partial charge in [0.1, 0.15) is 5.75 Å². The monoisotopic (exact) mass is 350 g/mol. The van der Waals surface area contributed by atoms with E-state index < -0.39 is 0 Å². The van der Waals surface area contributed by atoms with Crippen molar-refractivity contribution >= 4 is 23.2 Å². The van der Waals surface area contributed by atoms with Crippen LogP contribution < -0.4 is 10.2 Å². The number of hydrogen-bond acceptors (Lipinski definition) is 3. The van der Waals surface area contributed by atoms with Crippen molar-refractivity contribution in [1.29, 1.82) is 0 Å². The number of carbonyl (C=O) groups excluding carboxylic acids is 1. The molecular formula is C19H27ClN2O2. The van der Waals surface area contributed by atoms with Gasteiger partial charge in [-0.1, -0.05) is 30.9 Å². The van der Waals surface area contributed by atoms with Crippen molar-refractivity contribution in [2.24, 2.45) is 5.10 Å². The molecule has 4 nitrogen and oxygen atoms in total. The number of rotatable bonds is 6. The highest BCUT2D eigenvalue weighted by molar-refractivity contribution is 6.30. The van der Waals surface area contributed by atoms with Crippen molar-refractivity contribution < 1.29 is 9.53 Å². The van der Waals surface area contributed by atoms with Crippen molar-refractivity contribution in [3.05, 3.63) is 28.8 Å². The lowest BCUT2D eigenvalue weighted by atomic mass is 9.99. The van der Waals surface area contributed by atoms with Crippen molar-refractivity contribution in [1.82, 2.24) is 5.43 Å². The predicted molar refractivity (Wildman–Crippen MR) is 98.8 cm³/mol. The highest BCUT2D eigenvalue weighted by Crippen LogP contribution is 2.22. The molecule has 0 radical (unpaired) electrons. The van der Waals surface area contributed by atoms with Crippen molar-refractivity contribution in [3.8, 4) is 5.75 Å². The molecule has 5 heteroatoms. The number of halogens is 1. The van der Waals surface area contributed by atoms with E-state index in [1.54, 1.807) is 0 Å². The standard InChI is InChI=1S/C19H27ClN2O2/c1-15-14-16(20)11-12-18(15)24-13-7-10-19(23)22-21-17-8-5-3-2-4-6-9-17/h11-12,14H,2-10,13H2,1H3,(H,22,23). The van der Waals surface area contributed by atoms with Crippen LogP contribution in [0.15, 0.2) is 23.3 Å². The Hall–Kier alpha value is -1.55. The van der Waals surface area contributed by atoms with Crippen molar-refractivity contribution in [2.45, 2.75) is 64.7 Å². The summed E-state index contributed by atoms with van der Waals surface area (Å²) in [4.78, 5) is 11.9. The van der Waals surface area contributed by atoms with Crippen LogP contribution in [0.2, 0.25) is 5.02 Å². The third kappa shape index (κ3) is 6.91. The summed E-state index contributed by atoms with van der Waals surface area (Å²) in [6, 6.07) is 5.54. The predicted octanol–water partition coefficient (Wildman–Crippen LogP) is 5.02. The highest BCUT2D eigenvalue weighted by Gasteiger charge is 2.07. The molecule has 0 spiro atoms. The molecule has 0 saturated heterocycles. The Morgan fingerprint density at radius 3 is 2.62 bits per heavy atom. The van der Waals surface area contributed by atoms with Gasteiger partial charge in [0.05, 0.1) is 6.61 Å². The topological polar surface area (TPSA) is 50.7 Å². The molecule has 0 unspecified atom stereocenters. The first-order valence-corrected chi connectivity index (χ1v) is 9.26. The molecule has 0 atom stereocenters. The number of hydrogen-bond donors (Lipinski definition) is 1. The van der Waals surface area contributed by atoms with E-state index in [0.717, 1.165) is 29.9 Å². The third-order valence-electron chi connectivity index (χ3n) is 4.21. The molecule has 24 heavy (non-hydrogen) atoms. The van der Waals surface area contributed by atoms with Crippen LogP contribution in [0.3, 0.4) is 0 Å². The van der Waals surface area contributed by atoms with Gasteiger partial charge >= 0.3 is 0 Å². The number of hydrazone groups is 1. The number of aryl methyl sites for hydroxylation is 1. The average molecular weight is 351 g/mol. The zero-order chi connectivity index (χ0) is 17.2. The Bertz CT molecular complexity index is 562. The minimum absolute atomic E-state index is 0.0408. The van der Waals surface area contributed by atoms with Gasteiger partial charge in [0.25, 0.3) is 0 Å². The first kappa shape index (κ1) is 18.8. The molecule has 1 aliphatic carbocycles. The molecule has 132 valence electrons. The summed E-state index contributed by atoms with van der Waals surface area (Å²) < 4.78 is 5.69. The largest absolute Gasteiger partial charge is 0.493 e. The molecule has 0 heterocycles. The minimum atomic E-state index is -0.0408. The molecule has 0 aliphatic heterocycles. The Morgan fingerprint density at radius 1 is 1.21 bits per heavy atom. The zero-order valence-electron chi connectivity index (χ0n) is 14.4. The lowest BCUT2D eigenvalue weighted by Crippen LogP contribution is -2.20. The summed E-state index contributed by atoms with van der Waals surface area (Å²) in [5.74, 6) is 0.774. The van der Waals surface area contributed by atoms with E-state index in [2.05, 4.69) is 10.5 Å². The van der Waals surface area contributed by atoms with Crippen molar-refractivity contribution in [3.63, 3.8) is 0 Å². The lowest BCUT2D eigenvalue weighted by Gasteiger charge is -2.11. The Morgan fingerprint density at radius 2 is 1.92 bits per heavy atom. The fourth-order valence-corrected chi connectivity index (χ4v) is 3.04. The second-order valence-corrected chi connectivity index (χ2v) is 6.78. The van der Waals surface area contributed by atoms with Crippen LogP contribution in [0.5, 0.6) is 5.75 Å². The molecule has 1 amide bonds. The van der Waals surface area contributed by atoms with E-state index in [4.69, 9.17) is 16.3 Å². The van der Waals surface area contributed by atoms with Crippen LogP contribution in [0.25, 0.3) is 0 Å². The first-order valence-electron chi connectivity index (χ1n) is 8.88. The van der Waals surface area contributed by atoms with Crippen LogP contribution >= 0.6 is 11.6 Å². The van der Waals surface area contributed by atoms with Gasteiger partial charge in [0.15, 0.2) is 0 Å². The van der Waals surface area contributed by atoms with Gasteiger partial charge in [-0.05, 0) is 62.8 Å². The van der Waals surface area contributed by atoms with Crippen LogP contribution in [0, 0.1) is 6.92 Å². The summed E-state index contributed by atoms with van der Waals surface area (Å²) in [5, 5.41) is 5.01. The van der Waals surface area contributed by atoms with Crippen LogP contribution in [0.1, 0.15) is 63.4 Å². The molecule has 1 aliphatic rings. The Balaban J connectivity index is 1.65.